The molecule has 0 fully saturated rings. The van der Waals surface area contributed by atoms with Gasteiger partial charge in [0.15, 0.2) is 10.9 Å². The number of thioether (sulfide) groups is 1. The number of anilines is 2. The summed E-state index contributed by atoms with van der Waals surface area (Å²) < 4.78 is 0. The molecule has 0 saturated heterocycles. The second kappa shape index (κ2) is 11.1. The molecule has 4 rings (SSSR count). The first-order valence-corrected chi connectivity index (χ1v) is 9.57. The minimum atomic E-state index is 0.433. The molecule has 1 aliphatic rings. The van der Waals surface area contributed by atoms with Gasteiger partial charge in [0.2, 0.25) is 16.9 Å². The number of allylic oxidation sites excluding steroid dienone is 1. The van der Waals surface area contributed by atoms with Crippen LogP contribution in [0.15, 0.2) is 53.3 Å². The Morgan fingerprint density at radius 1 is 1.07 bits per heavy atom. The molecule has 1 aliphatic heterocycles. The number of nitrogens with zero attached hydrogens (tertiary/aromatic N) is 6. The van der Waals surface area contributed by atoms with Crippen LogP contribution in [0.4, 0.5) is 10.9 Å². The van der Waals surface area contributed by atoms with Crippen LogP contribution in [0.3, 0.4) is 0 Å². The van der Waals surface area contributed by atoms with Gasteiger partial charge in [0, 0.05) is 37.1 Å². The zero-order chi connectivity index (χ0) is 19.5. The minimum Gasteiger partial charge on any atom is -0.374 e. The van der Waals surface area contributed by atoms with Crippen molar-refractivity contribution in [2.45, 2.75) is 13.8 Å². The molecule has 0 atom stereocenters. The van der Waals surface area contributed by atoms with E-state index in [0.29, 0.717) is 10.3 Å². The summed E-state index contributed by atoms with van der Waals surface area (Å²) in [5.74, 6) is 0.719. The molecular formula is C16H16ClN8S2+. The van der Waals surface area contributed by atoms with Crippen LogP contribution in [-0.4, -0.2) is 30.1 Å². The lowest BCUT2D eigenvalue weighted by Crippen LogP contribution is -2.01. The number of aryl methyl sites for hydroxylation is 1. The predicted molar refractivity (Wildman–Crippen MR) is 111 cm³/mol. The van der Waals surface area contributed by atoms with Crippen LogP contribution < -0.4 is 11.1 Å². The van der Waals surface area contributed by atoms with E-state index in [-0.39, 0.29) is 0 Å². The largest absolute Gasteiger partial charge is 0.374 e. The SMILES string of the molecule is CC1=[C+]SC(N)=N1.Cc1csc(Nc2cnccn2)n1.Clc1cnccn1. The van der Waals surface area contributed by atoms with Crippen LogP contribution in [0.1, 0.15) is 12.6 Å². The van der Waals surface area contributed by atoms with Crippen LogP contribution >= 0.6 is 34.7 Å². The van der Waals surface area contributed by atoms with E-state index in [1.807, 2.05) is 19.2 Å². The third-order valence-electron chi connectivity index (χ3n) is 2.53. The second-order valence-corrected chi connectivity index (χ2v) is 6.85. The molecule has 11 heteroatoms. The van der Waals surface area contributed by atoms with Crippen molar-refractivity contribution >= 4 is 50.8 Å². The summed E-state index contributed by atoms with van der Waals surface area (Å²) >= 11 is 8.27. The Bertz CT molecular complexity index is 884. The molecule has 3 N–H and O–H groups in total. The average Bonchev–Trinajstić information content (AvgIpc) is 3.25. The molecule has 0 bridgehead atoms. The molecule has 27 heavy (non-hydrogen) atoms. The fourth-order valence-electron chi connectivity index (χ4n) is 1.50. The molecular weight excluding hydrogens is 404 g/mol. The summed E-state index contributed by atoms with van der Waals surface area (Å²) in [4.78, 5) is 23.5. The maximum Gasteiger partial charge on any atom is 0.341 e. The number of halogens is 1. The Hall–Kier alpha value is -2.65. The normalized spacial score (nSPS) is 11.7. The van der Waals surface area contributed by atoms with Crippen LogP contribution in [-0.2, 0) is 0 Å². The van der Waals surface area contributed by atoms with Crippen molar-refractivity contribution in [3.8, 4) is 0 Å². The fraction of sp³-hybridized carbons (Fsp3) is 0.125. The van der Waals surface area contributed by atoms with Crippen molar-refractivity contribution in [1.82, 2.24) is 24.9 Å². The Morgan fingerprint density at radius 2 is 1.81 bits per heavy atom. The number of rotatable bonds is 2. The van der Waals surface area contributed by atoms with Gasteiger partial charge in [-0.2, -0.15) is 4.99 Å². The third kappa shape index (κ3) is 8.52. The molecule has 3 aromatic heterocycles. The molecule has 4 heterocycles. The number of hydrogen-bond donors (Lipinski definition) is 2. The van der Waals surface area contributed by atoms with E-state index < -0.39 is 0 Å². The highest BCUT2D eigenvalue weighted by Crippen LogP contribution is 2.18. The molecule has 0 saturated carbocycles. The average molecular weight is 420 g/mol. The first-order chi connectivity index (χ1) is 13.0. The van der Waals surface area contributed by atoms with Gasteiger partial charge in [-0.15, -0.1) is 11.3 Å². The molecule has 0 unspecified atom stereocenters. The highest BCUT2D eigenvalue weighted by atomic mass is 35.5. The van der Waals surface area contributed by atoms with E-state index in [9.17, 15) is 0 Å². The topological polar surface area (TPSA) is 115 Å². The van der Waals surface area contributed by atoms with Crippen LogP contribution in [0.2, 0.25) is 5.15 Å². The van der Waals surface area contributed by atoms with Gasteiger partial charge in [-0.3, -0.25) is 9.97 Å². The molecule has 0 amide bonds. The number of aliphatic imine (C=N–C) groups is 1. The van der Waals surface area contributed by atoms with Crippen molar-refractivity contribution in [1.29, 1.82) is 0 Å². The quantitative estimate of drug-likeness (QED) is 0.602. The Balaban J connectivity index is 0.000000159. The summed E-state index contributed by atoms with van der Waals surface area (Å²) in [6, 6.07) is 0. The zero-order valence-corrected chi connectivity index (χ0v) is 16.9. The number of thiazole rings is 1. The highest BCUT2D eigenvalue weighted by molar-refractivity contribution is 8.15. The fourth-order valence-corrected chi connectivity index (χ4v) is 2.79. The lowest BCUT2D eigenvalue weighted by Gasteiger charge is -1.98. The monoisotopic (exact) mass is 419 g/mol. The summed E-state index contributed by atoms with van der Waals surface area (Å²) in [5, 5.41) is 9.79. The van der Waals surface area contributed by atoms with Gasteiger partial charge in [0.05, 0.1) is 18.1 Å². The number of hydrogen-bond acceptors (Lipinski definition) is 10. The number of nitrogens with two attached hydrogens (primary N) is 1. The molecule has 0 radical (unpaired) electrons. The van der Waals surface area contributed by atoms with Crippen molar-refractivity contribution < 1.29 is 0 Å². The van der Waals surface area contributed by atoms with E-state index in [4.69, 9.17) is 17.3 Å². The highest BCUT2D eigenvalue weighted by Gasteiger charge is 2.16. The summed E-state index contributed by atoms with van der Waals surface area (Å²) in [6.07, 6.45) is 9.55. The second-order valence-electron chi connectivity index (χ2n) is 4.78. The Morgan fingerprint density at radius 3 is 2.19 bits per heavy atom. The standard InChI is InChI=1S/C8H8N4S.C4H3ClN2.C4H5N2S/c1-6-5-13-8(11-6)12-7-4-9-2-3-10-7;5-4-3-6-1-2-7-4;1-3-2-7-4(5)6-3/h2-5H,1H3,(H,10,11,12);1-3H;1H3,(H2,5,6)/q;;+1. The first kappa shape index (κ1) is 20.7. The Kier molecular flexibility index (Phi) is 8.53. The smallest absolute Gasteiger partial charge is 0.341 e. The maximum absolute atomic E-state index is 5.37. The van der Waals surface area contributed by atoms with Crippen molar-refractivity contribution in [2.24, 2.45) is 10.7 Å². The van der Waals surface area contributed by atoms with E-state index in [2.05, 4.69) is 40.6 Å². The summed E-state index contributed by atoms with van der Waals surface area (Å²) in [7, 11) is 0. The van der Waals surface area contributed by atoms with Gasteiger partial charge in [-0.1, -0.05) is 11.6 Å². The molecule has 3 aromatic rings. The van der Waals surface area contributed by atoms with Crippen molar-refractivity contribution in [2.75, 3.05) is 5.32 Å². The minimum absolute atomic E-state index is 0.433. The lowest BCUT2D eigenvalue weighted by molar-refractivity contribution is 1.18. The number of nitrogens with one attached hydrogen (secondary N) is 1. The number of aromatic nitrogens is 5. The molecule has 0 spiro atoms. The van der Waals surface area contributed by atoms with Crippen molar-refractivity contribution in [3.05, 3.63) is 64.5 Å². The maximum atomic E-state index is 5.37. The zero-order valence-electron chi connectivity index (χ0n) is 14.5. The predicted octanol–water partition coefficient (Wildman–Crippen LogP) is 3.83. The van der Waals surface area contributed by atoms with Crippen LogP contribution in [0.5, 0.6) is 0 Å². The van der Waals surface area contributed by atoms with E-state index in [0.717, 1.165) is 22.3 Å². The first-order valence-electron chi connectivity index (χ1n) is 7.50. The van der Waals surface area contributed by atoms with Crippen molar-refractivity contribution in [3.63, 3.8) is 0 Å². The van der Waals surface area contributed by atoms with E-state index in [1.165, 1.54) is 18.0 Å². The van der Waals surface area contributed by atoms with Crippen LogP contribution in [0.25, 0.3) is 0 Å². The summed E-state index contributed by atoms with van der Waals surface area (Å²) in [6.45, 7) is 3.82. The van der Waals surface area contributed by atoms with Gasteiger partial charge < -0.3 is 11.1 Å². The molecule has 0 aromatic carbocycles. The van der Waals surface area contributed by atoms with Gasteiger partial charge in [-0.25, -0.2) is 15.0 Å². The lowest BCUT2D eigenvalue weighted by atomic mass is 10.6. The summed E-state index contributed by atoms with van der Waals surface area (Å²) in [5.41, 5.74) is 7.14. The van der Waals surface area contributed by atoms with Gasteiger partial charge in [0.1, 0.15) is 5.15 Å². The van der Waals surface area contributed by atoms with Gasteiger partial charge in [-0.05, 0) is 6.92 Å². The molecule has 138 valence electrons. The molecule has 0 aliphatic carbocycles. The van der Waals surface area contributed by atoms with E-state index in [1.54, 1.807) is 42.3 Å². The Labute approximate surface area is 170 Å². The van der Waals surface area contributed by atoms with Crippen LogP contribution in [0, 0.1) is 12.3 Å². The third-order valence-corrected chi connectivity index (χ3v) is 4.30. The molecule has 8 nitrogen and oxygen atoms in total. The van der Waals surface area contributed by atoms with Gasteiger partial charge in [0.25, 0.3) is 5.70 Å². The van der Waals surface area contributed by atoms with E-state index >= 15 is 0 Å². The van der Waals surface area contributed by atoms with Gasteiger partial charge >= 0.3 is 5.41 Å². The number of amidine groups is 1.